The van der Waals surface area contributed by atoms with Crippen molar-refractivity contribution in [2.75, 3.05) is 18.2 Å². The Hall–Kier alpha value is -2.31. The third kappa shape index (κ3) is 4.13. The van der Waals surface area contributed by atoms with E-state index in [0.717, 1.165) is 0 Å². The maximum atomic E-state index is 11.6. The fourth-order valence-corrected chi connectivity index (χ4v) is 1.65. The monoisotopic (exact) mass is 266 g/mol. The lowest BCUT2D eigenvalue weighted by atomic mass is 10.00. The summed E-state index contributed by atoms with van der Waals surface area (Å²) in [6.07, 6.45) is 1.51. The molecule has 1 amide bonds. The minimum absolute atomic E-state index is 0.0969. The van der Waals surface area contributed by atoms with Crippen molar-refractivity contribution in [2.45, 2.75) is 25.8 Å². The van der Waals surface area contributed by atoms with Gasteiger partial charge in [-0.2, -0.15) is 0 Å². The predicted molar refractivity (Wildman–Crippen MR) is 71.5 cm³/mol. The van der Waals surface area contributed by atoms with Crippen LogP contribution in [0.1, 0.15) is 30.6 Å². The van der Waals surface area contributed by atoms with Crippen molar-refractivity contribution in [1.82, 2.24) is 4.98 Å². The predicted octanol–water partition coefficient (Wildman–Crippen LogP) is 0.516. The molecule has 0 unspecified atom stereocenters. The number of methoxy groups -OCH3 is 1. The minimum atomic E-state index is -0.641. The Morgan fingerprint density at radius 3 is 2.63 bits per heavy atom. The van der Waals surface area contributed by atoms with Gasteiger partial charge >= 0.3 is 5.97 Å². The molecule has 0 radical (unpaired) electrons. The Kier molecular flexibility index (Phi) is 4.31. The van der Waals surface area contributed by atoms with Crippen LogP contribution in [0, 0.1) is 0 Å². The largest absolute Gasteiger partial charge is 0.465 e. The van der Waals surface area contributed by atoms with E-state index in [2.05, 4.69) is 15.0 Å². The van der Waals surface area contributed by atoms with Crippen LogP contribution in [-0.4, -0.2) is 29.5 Å². The Balaban J connectivity index is 3.07. The van der Waals surface area contributed by atoms with Gasteiger partial charge in [0.05, 0.1) is 19.0 Å². The van der Waals surface area contributed by atoms with E-state index in [9.17, 15) is 9.59 Å². The Bertz CT molecular complexity index is 500. The van der Waals surface area contributed by atoms with Crippen LogP contribution in [0.4, 0.5) is 11.5 Å². The molecule has 0 aromatic carbocycles. The fourth-order valence-electron chi connectivity index (χ4n) is 1.65. The van der Waals surface area contributed by atoms with Gasteiger partial charge in [0.1, 0.15) is 11.4 Å². The number of anilines is 2. The number of nitrogens with one attached hydrogen (secondary N) is 1. The lowest BCUT2D eigenvalue weighted by Crippen LogP contribution is -2.37. The molecule has 7 heteroatoms. The highest BCUT2D eigenvalue weighted by Gasteiger charge is 2.24. The number of nitrogen functional groups attached to an aromatic ring is 1. The summed E-state index contributed by atoms with van der Waals surface area (Å²) in [5, 5.41) is 2.99. The molecule has 1 aromatic rings. The third-order valence-corrected chi connectivity index (χ3v) is 2.39. The zero-order chi connectivity index (χ0) is 14.6. The molecule has 5 N–H and O–H groups in total. The second-order valence-corrected chi connectivity index (χ2v) is 4.81. The fraction of sp³-hybridized carbons (Fsp3) is 0.417. The summed E-state index contributed by atoms with van der Waals surface area (Å²) >= 11 is 0. The van der Waals surface area contributed by atoms with E-state index in [1.165, 1.54) is 19.4 Å². The number of ether oxygens (including phenoxy) is 1. The first kappa shape index (κ1) is 14.7. The average molecular weight is 266 g/mol. The van der Waals surface area contributed by atoms with Gasteiger partial charge in [0, 0.05) is 12.0 Å². The Labute approximate surface area is 111 Å². The molecule has 0 saturated heterocycles. The maximum Gasteiger partial charge on any atom is 0.341 e. The van der Waals surface area contributed by atoms with Crippen LogP contribution < -0.4 is 16.8 Å². The summed E-state index contributed by atoms with van der Waals surface area (Å²) in [5.41, 5.74) is 10.7. The van der Waals surface area contributed by atoms with Crippen molar-refractivity contribution < 1.29 is 14.3 Å². The van der Waals surface area contributed by atoms with Gasteiger partial charge in [-0.25, -0.2) is 9.78 Å². The zero-order valence-corrected chi connectivity index (χ0v) is 11.2. The summed E-state index contributed by atoms with van der Waals surface area (Å²) in [6, 6.07) is 1.46. The van der Waals surface area contributed by atoms with Crippen molar-refractivity contribution in [1.29, 1.82) is 0 Å². The molecule has 1 heterocycles. The van der Waals surface area contributed by atoms with Gasteiger partial charge in [0.15, 0.2) is 0 Å². The molecule has 1 aromatic heterocycles. The van der Waals surface area contributed by atoms with E-state index in [0.29, 0.717) is 11.5 Å². The van der Waals surface area contributed by atoms with Gasteiger partial charge in [0.2, 0.25) is 5.91 Å². The second-order valence-electron chi connectivity index (χ2n) is 4.81. The van der Waals surface area contributed by atoms with E-state index >= 15 is 0 Å². The molecule has 0 fully saturated rings. The molecule has 0 aliphatic heterocycles. The lowest BCUT2D eigenvalue weighted by molar-refractivity contribution is -0.118. The number of esters is 1. The first-order valence-corrected chi connectivity index (χ1v) is 5.65. The number of nitrogens with two attached hydrogens (primary N) is 2. The summed E-state index contributed by atoms with van der Waals surface area (Å²) in [6.45, 7) is 3.55. The summed E-state index contributed by atoms with van der Waals surface area (Å²) < 4.78 is 4.66. The molecule has 0 saturated carbocycles. The molecule has 0 atom stereocenters. The van der Waals surface area contributed by atoms with E-state index in [-0.39, 0.29) is 12.0 Å². The molecule has 0 bridgehead atoms. The maximum absolute atomic E-state index is 11.6. The molecule has 0 aliphatic carbocycles. The summed E-state index contributed by atoms with van der Waals surface area (Å²) in [4.78, 5) is 26.7. The molecule has 1 rings (SSSR count). The standard InChI is InChI=1S/C12H18N4O3/c1-12(2,5-9(14)17)16-10-8(11(18)19-3)4-7(13)6-15-10/h4,6H,5,13H2,1-3H3,(H2,14,17)(H,15,16). The van der Waals surface area contributed by atoms with Crippen LogP contribution in [-0.2, 0) is 9.53 Å². The average Bonchev–Trinajstić information content (AvgIpc) is 2.28. The smallest absolute Gasteiger partial charge is 0.341 e. The number of pyridine rings is 1. The molecule has 19 heavy (non-hydrogen) atoms. The highest BCUT2D eigenvalue weighted by atomic mass is 16.5. The number of carbonyl (C=O) groups excluding carboxylic acids is 2. The number of primary amides is 1. The van der Waals surface area contributed by atoms with E-state index < -0.39 is 17.4 Å². The van der Waals surface area contributed by atoms with E-state index in [1.54, 1.807) is 13.8 Å². The first-order chi connectivity index (χ1) is 8.75. The van der Waals surface area contributed by atoms with Crippen molar-refractivity contribution in [3.05, 3.63) is 17.8 Å². The summed E-state index contributed by atoms with van der Waals surface area (Å²) in [5.74, 6) is -0.711. The number of rotatable bonds is 5. The second kappa shape index (κ2) is 5.55. The summed E-state index contributed by atoms with van der Waals surface area (Å²) in [7, 11) is 1.27. The van der Waals surface area contributed by atoms with Crippen molar-refractivity contribution in [3.63, 3.8) is 0 Å². The van der Waals surface area contributed by atoms with Gasteiger partial charge in [-0.3, -0.25) is 4.79 Å². The molecule has 0 aliphatic rings. The number of nitrogens with zero attached hydrogens (tertiary/aromatic N) is 1. The third-order valence-electron chi connectivity index (χ3n) is 2.39. The lowest BCUT2D eigenvalue weighted by Gasteiger charge is -2.26. The SMILES string of the molecule is COC(=O)c1cc(N)cnc1NC(C)(C)CC(N)=O. The van der Waals surface area contributed by atoms with Crippen LogP contribution in [0.3, 0.4) is 0 Å². The quantitative estimate of drug-likeness (QED) is 0.668. The number of amides is 1. The Morgan fingerprint density at radius 2 is 2.11 bits per heavy atom. The van der Waals surface area contributed by atoms with Crippen LogP contribution in [0.15, 0.2) is 12.3 Å². The first-order valence-electron chi connectivity index (χ1n) is 5.65. The number of aromatic nitrogens is 1. The van der Waals surface area contributed by atoms with Gasteiger partial charge in [-0.1, -0.05) is 0 Å². The molecule has 7 nitrogen and oxygen atoms in total. The van der Waals surface area contributed by atoms with Crippen molar-refractivity contribution >= 4 is 23.4 Å². The van der Waals surface area contributed by atoms with E-state index in [4.69, 9.17) is 11.5 Å². The normalized spacial score (nSPS) is 10.9. The van der Waals surface area contributed by atoms with Crippen LogP contribution in [0.5, 0.6) is 0 Å². The van der Waals surface area contributed by atoms with Gasteiger partial charge < -0.3 is 21.5 Å². The topological polar surface area (TPSA) is 120 Å². The van der Waals surface area contributed by atoms with Gasteiger partial charge in [-0.15, -0.1) is 0 Å². The Morgan fingerprint density at radius 1 is 1.47 bits per heavy atom. The van der Waals surface area contributed by atoms with Crippen molar-refractivity contribution in [3.8, 4) is 0 Å². The highest BCUT2D eigenvalue weighted by Crippen LogP contribution is 2.22. The highest BCUT2D eigenvalue weighted by molar-refractivity contribution is 5.95. The number of hydrogen-bond acceptors (Lipinski definition) is 6. The van der Waals surface area contributed by atoms with E-state index in [1.807, 2.05) is 0 Å². The van der Waals surface area contributed by atoms with Crippen LogP contribution in [0.2, 0.25) is 0 Å². The van der Waals surface area contributed by atoms with Crippen molar-refractivity contribution in [2.24, 2.45) is 5.73 Å². The molecule has 0 spiro atoms. The minimum Gasteiger partial charge on any atom is -0.465 e. The molecular formula is C12H18N4O3. The molecule has 104 valence electrons. The number of carbonyl (C=O) groups is 2. The van der Waals surface area contributed by atoms with Crippen LogP contribution >= 0.6 is 0 Å². The molecular weight excluding hydrogens is 248 g/mol. The zero-order valence-electron chi connectivity index (χ0n) is 11.2. The van der Waals surface area contributed by atoms with Gasteiger partial charge in [0.25, 0.3) is 0 Å². The van der Waals surface area contributed by atoms with Gasteiger partial charge in [-0.05, 0) is 19.9 Å². The van der Waals surface area contributed by atoms with Crippen LogP contribution in [0.25, 0.3) is 0 Å². The number of hydrogen-bond donors (Lipinski definition) is 3.